The van der Waals surface area contributed by atoms with E-state index in [0.29, 0.717) is 41.6 Å². The van der Waals surface area contributed by atoms with Gasteiger partial charge in [0.15, 0.2) is 11.2 Å². The lowest BCUT2D eigenvalue weighted by atomic mass is 10.2. The van der Waals surface area contributed by atoms with Gasteiger partial charge in [-0.05, 0) is 42.5 Å². The van der Waals surface area contributed by atoms with Crippen LogP contribution in [0.5, 0.6) is 5.75 Å². The summed E-state index contributed by atoms with van der Waals surface area (Å²) < 4.78 is 11.0. The van der Waals surface area contributed by atoms with Crippen LogP contribution in [0.1, 0.15) is 18.4 Å². The van der Waals surface area contributed by atoms with Crippen LogP contribution in [-0.2, 0) is 13.1 Å². The van der Waals surface area contributed by atoms with E-state index >= 15 is 0 Å². The number of ether oxygens (including phenoxy) is 1. The van der Waals surface area contributed by atoms with Gasteiger partial charge in [-0.2, -0.15) is 0 Å². The Hall–Kier alpha value is -2.87. The molecule has 29 heavy (non-hydrogen) atoms. The molecule has 4 aromatic rings. The van der Waals surface area contributed by atoms with Crippen molar-refractivity contribution in [2.75, 3.05) is 7.11 Å². The fourth-order valence-corrected chi connectivity index (χ4v) is 3.88. The smallest absolute Gasteiger partial charge is 0.333 e. The van der Waals surface area contributed by atoms with Crippen molar-refractivity contribution in [1.29, 1.82) is 0 Å². The minimum Gasteiger partial charge on any atom is -0.497 e. The zero-order chi connectivity index (χ0) is 20.1. The van der Waals surface area contributed by atoms with Crippen molar-refractivity contribution >= 4 is 32.7 Å². The Labute approximate surface area is 174 Å². The average molecular weight is 455 g/mol. The van der Waals surface area contributed by atoms with Crippen LogP contribution in [0, 0.1) is 5.92 Å². The van der Waals surface area contributed by atoms with Crippen molar-refractivity contribution in [2.24, 2.45) is 5.92 Å². The van der Waals surface area contributed by atoms with E-state index < -0.39 is 0 Å². The lowest BCUT2D eigenvalue weighted by molar-refractivity contribution is 0.414. The second-order valence-corrected chi connectivity index (χ2v) is 8.35. The van der Waals surface area contributed by atoms with E-state index in [0.717, 1.165) is 22.9 Å². The van der Waals surface area contributed by atoms with Crippen molar-refractivity contribution in [1.82, 2.24) is 18.5 Å². The van der Waals surface area contributed by atoms with Gasteiger partial charge < -0.3 is 4.74 Å². The van der Waals surface area contributed by atoms with E-state index in [1.807, 2.05) is 24.3 Å². The molecule has 3 heterocycles. The van der Waals surface area contributed by atoms with E-state index in [4.69, 9.17) is 4.74 Å². The highest BCUT2D eigenvalue weighted by Crippen LogP contribution is 2.30. The number of aromatic nitrogens is 4. The van der Waals surface area contributed by atoms with Gasteiger partial charge in [0.25, 0.3) is 5.56 Å². The summed E-state index contributed by atoms with van der Waals surface area (Å²) in [5.74, 6) is 1.05. The normalized spacial score (nSPS) is 14.0. The third-order valence-corrected chi connectivity index (χ3v) is 5.90. The molecule has 1 aromatic carbocycles. The summed E-state index contributed by atoms with van der Waals surface area (Å²) in [6.45, 7) is 0.798. The number of nitrogens with zero attached hydrogens (tertiary/aromatic N) is 4. The Morgan fingerprint density at radius 1 is 1.14 bits per heavy atom. The van der Waals surface area contributed by atoms with Crippen molar-refractivity contribution < 1.29 is 4.74 Å². The monoisotopic (exact) mass is 454 g/mol. The number of imidazole rings is 1. The zero-order valence-corrected chi connectivity index (χ0v) is 17.4. The molecule has 1 aliphatic carbocycles. The summed E-state index contributed by atoms with van der Waals surface area (Å²) in [7, 11) is 1.58. The van der Waals surface area contributed by atoms with Gasteiger partial charge in [0.2, 0.25) is 0 Å². The molecule has 0 saturated heterocycles. The third-order valence-electron chi connectivity index (χ3n) is 5.37. The minimum atomic E-state index is -0.312. The number of halogens is 1. The number of hydrogen-bond acceptors (Lipinski definition) is 4. The first-order valence-electron chi connectivity index (χ1n) is 9.49. The molecular formula is C21H19BrN4O3. The maximum Gasteiger partial charge on any atom is 0.333 e. The van der Waals surface area contributed by atoms with Crippen LogP contribution in [0.2, 0.25) is 0 Å². The Kier molecular flexibility index (Phi) is 4.31. The van der Waals surface area contributed by atoms with Gasteiger partial charge in [0.05, 0.1) is 13.7 Å². The zero-order valence-electron chi connectivity index (χ0n) is 15.8. The average Bonchev–Trinajstić information content (AvgIpc) is 3.47. The van der Waals surface area contributed by atoms with Crippen LogP contribution < -0.4 is 16.0 Å². The Morgan fingerprint density at radius 2 is 1.90 bits per heavy atom. The highest BCUT2D eigenvalue weighted by Gasteiger charge is 2.26. The summed E-state index contributed by atoms with van der Waals surface area (Å²) >= 11 is 3.44. The lowest BCUT2D eigenvalue weighted by Crippen LogP contribution is -2.41. The molecule has 8 heteroatoms. The third kappa shape index (κ3) is 3.17. The number of benzene rings is 1. The molecule has 0 radical (unpaired) electrons. The summed E-state index contributed by atoms with van der Waals surface area (Å²) in [5.41, 5.74) is 1.74. The van der Waals surface area contributed by atoms with E-state index in [1.165, 1.54) is 4.57 Å². The molecule has 0 N–H and O–H groups in total. The molecule has 0 aliphatic heterocycles. The Bertz CT molecular complexity index is 1350. The molecular weight excluding hydrogens is 436 g/mol. The number of pyridine rings is 1. The summed E-state index contributed by atoms with van der Waals surface area (Å²) in [4.78, 5) is 31.1. The summed E-state index contributed by atoms with van der Waals surface area (Å²) in [6.07, 6.45) is 3.88. The first-order valence-corrected chi connectivity index (χ1v) is 10.3. The SMILES string of the molecule is COc1ccn2c(c1)nc1c2c(=O)n(CC2CC2)c(=O)n1Cc1ccc(Br)cc1. The molecule has 148 valence electrons. The minimum absolute atomic E-state index is 0.290. The van der Waals surface area contributed by atoms with Gasteiger partial charge in [-0.25, -0.2) is 9.78 Å². The van der Waals surface area contributed by atoms with Crippen molar-refractivity contribution in [3.8, 4) is 5.75 Å². The fraction of sp³-hybridized carbons (Fsp3) is 0.286. The first kappa shape index (κ1) is 18.2. The largest absolute Gasteiger partial charge is 0.497 e. The molecule has 0 bridgehead atoms. The number of hydrogen-bond donors (Lipinski definition) is 0. The van der Waals surface area contributed by atoms with Gasteiger partial charge in [-0.3, -0.25) is 18.3 Å². The van der Waals surface area contributed by atoms with Crippen LogP contribution in [-0.4, -0.2) is 25.6 Å². The number of methoxy groups -OCH3 is 1. The van der Waals surface area contributed by atoms with Crippen molar-refractivity contribution in [2.45, 2.75) is 25.9 Å². The van der Waals surface area contributed by atoms with Crippen LogP contribution >= 0.6 is 15.9 Å². The Morgan fingerprint density at radius 3 is 2.59 bits per heavy atom. The molecule has 7 nitrogen and oxygen atoms in total. The second kappa shape index (κ2) is 6.88. The molecule has 0 amide bonds. The number of fused-ring (bicyclic) bond motifs is 3. The van der Waals surface area contributed by atoms with Crippen LogP contribution in [0.4, 0.5) is 0 Å². The maximum absolute atomic E-state index is 13.3. The molecule has 3 aromatic heterocycles. The highest BCUT2D eigenvalue weighted by atomic mass is 79.9. The molecule has 0 atom stereocenters. The van der Waals surface area contributed by atoms with Gasteiger partial charge >= 0.3 is 5.69 Å². The van der Waals surface area contributed by atoms with Crippen molar-refractivity contribution in [3.63, 3.8) is 0 Å². The lowest BCUT2D eigenvalue weighted by Gasteiger charge is -2.11. The Balaban J connectivity index is 1.79. The van der Waals surface area contributed by atoms with Gasteiger partial charge in [0, 0.05) is 23.3 Å². The quantitative estimate of drug-likeness (QED) is 0.464. The predicted molar refractivity (Wildman–Crippen MR) is 114 cm³/mol. The molecule has 1 aliphatic rings. The first-order chi connectivity index (χ1) is 14.0. The van der Waals surface area contributed by atoms with E-state index in [-0.39, 0.29) is 11.2 Å². The van der Waals surface area contributed by atoms with Crippen LogP contribution in [0.25, 0.3) is 16.8 Å². The molecule has 1 fully saturated rings. The van der Waals surface area contributed by atoms with Crippen molar-refractivity contribution in [3.05, 3.63) is 73.5 Å². The van der Waals surface area contributed by atoms with Gasteiger partial charge in [0.1, 0.15) is 11.4 Å². The highest BCUT2D eigenvalue weighted by molar-refractivity contribution is 9.10. The molecule has 0 unspecified atom stereocenters. The summed E-state index contributed by atoms with van der Waals surface area (Å²) in [6, 6.07) is 11.3. The topological polar surface area (TPSA) is 70.5 Å². The summed E-state index contributed by atoms with van der Waals surface area (Å²) in [5, 5.41) is 0. The van der Waals surface area contributed by atoms with Gasteiger partial charge in [-0.1, -0.05) is 28.1 Å². The molecule has 5 rings (SSSR count). The molecule has 0 spiro atoms. The van der Waals surface area contributed by atoms with E-state index in [9.17, 15) is 9.59 Å². The number of rotatable bonds is 5. The maximum atomic E-state index is 13.3. The van der Waals surface area contributed by atoms with Crippen LogP contribution in [0.3, 0.4) is 0 Å². The van der Waals surface area contributed by atoms with Gasteiger partial charge in [-0.15, -0.1) is 0 Å². The fourth-order valence-electron chi connectivity index (χ4n) is 3.61. The van der Waals surface area contributed by atoms with E-state index in [1.54, 1.807) is 34.4 Å². The second-order valence-electron chi connectivity index (χ2n) is 7.43. The van der Waals surface area contributed by atoms with E-state index in [2.05, 4.69) is 20.9 Å². The standard InChI is InChI=1S/C21H19BrN4O3/c1-29-16-8-9-24-17(10-16)23-19-18(24)20(27)26(12-13-2-3-13)21(28)25(19)11-14-4-6-15(22)7-5-14/h4-10,13H,2-3,11-12H2,1H3. The predicted octanol–water partition coefficient (Wildman–Crippen LogP) is 3.04. The van der Waals surface area contributed by atoms with Crippen LogP contribution in [0.15, 0.2) is 56.7 Å². The molecule has 1 saturated carbocycles.